The molecule has 0 radical (unpaired) electrons. The fourth-order valence-electron chi connectivity index (χ4n) is 2.06. The molecule has 5 heteroatoms. The lowest BCUT2D eigenvalue weighted by Gasteiger charge is -1.96. The summed E-state index contributed by atoms with van der Waals surface area (Å²) in [7, 11) is 1.92. The first-order valence-corrected chi connectivity index (χ1v) is 6.65. The number of benzene rings is 1. The molecule has 0 unspecified atom stereocenters. The highest BCUT2D eigenvalue weighted by Gasteiger charge is 2.11. The predicted molar refractivity (Wildman–Crippen MR) is 74.5 cm³/mol. The van der Waals surface area contributed by atoms with Crippen molar-refractivity contribution in [3.05, 3.63) is 40.8 Å². The van der Waals surface area contributed by atoms with E-state index in [2.05, 4.69) is 49.5 Å². The Kier molecular flexibility index (Phi) is 2.70. The summed E-state index contributed by atoms with van der Waals surface area (Å²) in [6, 6.07) is 8.17. The Morgan fingerprint density at radius 1 is 1.22 bits per heavy atom. The van der Waals surface area contributed by atoms with E-state index in [0.29, 0.717) is 0 Å². The van der Waals surface area contributed by atoms with Gasteiger partial charge in [-0.25, -0.2) is 9.67 Å². The van der Waals surface area contributed by atoms with E-state index in [4.69, 9.17) is 0 Å². The van der Waals surface area contributed by atoms with Crippen molar-refractivity contribution in [2.24, 2.45) is 7.05 Å². The van der Waals surface area contributed by atoms with Gasteiger partial charge in [-0.3, -0.25) is 4.40 Å². The Bertz CT molecular complexity index is 694. The minimum absolute atomic E-state index is 0.879. The third-order valence-electron chi connectivity index (χ3n) is 2.98. The molecule has 0 bridgehead atoms. The number of aromatic nitrogens is 4. The lowest BCUT2D eigenvalue weighted by atomic mass is 10.2. The maximum Gasteiger partial charge on any atom is 0.232 e. The first-order valence-electron chi connectivity index (χ1n) is 5.86. The molecule has 2 aromatic heterocycles. The Morgan fingerprint density at radius 3 is 2.61 bits per heavy atom. The molecule has 3 aromatic rings. The summed E-state index contributed by atoms with van der Waals surface area (Å²) in [4.78, 5) is 4.63. The Labute approximate surface area is 113 Å². The number of imidazole rings is 1. The van der Waals surface area contributed by atoms with E-state index in [1.54, 1.807) is 0 Å². The highest BCUT2D eigenvalue weighted by molar-refractivity contribution is 9.10. The van der Waals surface area contributed by atoms with Crippen LogP contribution in [-0.4, -0.2) is 19.2 Å². The van der Waals surface area contributed by atoms with Crippen LogP contribution in [0.4, 0.5) is 0 Å². The van der Waals surface area contributed by atoms with Gasteiger partial charge in [-0.15, -0.1) is 0 Å². The smallest absolute Gasteiger partial charge is 0.232 e. The molecule has 0 aliphatic heterocycles. The van der Waals surface area contributed by atoms with E-state index in [9.17, 15) is 0 Å². The van der Waals surface area contributed by atoms with Crippen LogP contribution >= 0.6 is 15.9 Å². The third kappa shape index (κ3) is 1.75. The molecule has 0 N–H and O–H groups in total. The first kappa shape index (κ1) is 11.5. The number of hydrogen-bond acceptors (Lipinski definition) is 2. The van der Waals surface area contributed by atoms with Crippen molar-refractivity contribution in [3.8, 4) is 11.3 Å². The van der Waals surface area contributed by atoms with Crippen LogP contribution < -0.4 is 0 Å². The van der Waals surface area contributed by atoms with Gasteiger partial charge in [0.25, 0.3) is 0 Å². The molecule has 3 rings (SSSR count). The zero-order valence-corrected chi connectivity index (χ0v) is 11.8. The Balaban J connectivity index is 2.16. The van der Waals surface area contributed by atoms with Crippen molar-refractivity contribution in [2.75, 3.05) is 0 Å². The summed E-state index contributed by atoms with van der Waals surface area (Å²) in [5, 5.41) is 4.43. The number of nitrogens with zero attached hydrogens (tertiary/aromatic N) is 4. The molecule has 0 fully saturated rings. The van der Waals surface area contributed by atoms with Gasteiger partial charge in [-0.2, -0.15) is 5.10 Å². The van der Waals surface area contributed by atoms with E-state index in [1.165, 1.54) is 0 Å². The van der Waals surface area contributed by atoms with Crippen molar-refractivity contribution in [3.63, 3.8) is 0 Å². The first-order chi connectivity index (χ1) is 8.69. The second-order valence-electron chi connectivity index (χ2n) is 4.20. The normalized spacial score (nSPS) is 11.3. The molecule has 0 atom stereocenters. The van der Waals surface area contributed by atoms with Gasteiger partial charge >= 0.3 is 0 Å². The third-order valence-corrected chi connectivity index (χ3v) is 3.51. The van der Waals surface area contributed by atoms with Crippen molar-refractivity contribution in [1.82, 2.24) is 19.2 Å². The zero-order valence-electron chi connectivity index (χ0n) is 10.3. The molecule has 2 heterocycles. The van der Waals surface area contributed by atoms with Gasteiger partial charge in [0.2, 0.25) is 5.78 Å². The van der Waals surface area contributed by atoms with Gasteiger partial charge < -0.3 is 0 Å². The molecular weight excluding hydrogens is 292 g/mol. The van der Waals surface area contributed by atoms with Crippen LogP contribution in [0.1, 0.15) is 12.7 Å². The predicted octanol–water partition coefficient (Wildman–Crippen LogP) is 3.06. The number of fused-ring (bicyclic) bond motifs is 1. The molecule has 4 nitrogen and oxygen atoms in total. The molecule has 0 saturated heterocycles. The average molecular weight is 305 g/mol. The van der Waals surface area contributed by atoms with Crippen molar-refractivity contribution < 1.29 is 0 Å². The second-order valence-corrected chi connectivity index (χ2v) is 5.11. The fraction of sp³-hybridized carbons (Fsp3) is 0.231. The van der Waals surface area contributed by atoms with E-state index < -0.39 is 0 Å². The maximum atomic E-state index is 4.63. The largest absolute Gasteiger partial charge is 0.270 e. The number of aryl methyl sites for hydroxylation is 2. The monoisotopic (exact) mass is 304 g/mol. The molecule has 0 amide bonds. The molecular formula is C13H13BrN4. The van der Waals surface area contributed by atoms with Gasteiger partial charge in [0.15, 0.2) is 0 Å². The van der Waals surface area contributed by atoms with E-state index in [-0.39, 0.29) is 0 Å². The molecule has 0 aliphatic rings. The van der Waals surface area contributed by atoms with Gasteiger partial charge in [0.05, 0.1) is 5.69 Å². The van der Waals surface area contributed by atoms with Gasteiger partial charge in [0.1, 0.15) is 5.82 Å². The number of hydrogen-bond donors (Lipinski definition) is 0. The fourth-order valence-corrected chi connectivity index (χ4v) is 2.32. The van der Waals surface area contributed by atoms with Crippen LogP contribution in [0.3, 0.4) is 0 Å². The quantitative estimate of drug-likeness (QED) is 0.729. The summed E-state index contributed by atoms with van der Waals surface area (Å²) in [6.45, 7) is 2.10. The molecule has 18 heavy (non-hydrogen) atoms. The summed E-state index contributed by atoms with van der Waals surface area (Å²) >= 11 is 3.44. The molecule has 0 saturated carbocycles. The van der Waals surface area contributed by atoms with Crippen LogP contribution in [0, 0.1) is 0 Å². The van der Waals surface area contributed by atoms with Gasteiger partial charge in [0, 0.05) is 29.7 Å². The topological polar surface area (TPSA) is 35.1 Å². The van der Waals surface area contributed by atoms with Crippen molar-refractivity contribution in [1.29, 1.82) is 0 Å². The van der Waals surface area contributed by atoms with Crippen molar-refractivity contribution >= 4 is 21.7 Å². The SMILES string of the molecule is CCc1nn(C)c2nc(-c3ccc(Br)cc3)cn12. The van der Waals surface area contributed by atoms with Crippen LogP contribution in [-0.2, 0) is 13.5 Å². The van der Waals surface area contributed by atoms with Gasteiger partial charge in [-0.1, -0.05) is 35.0 Å². The lowest BCUT2D eigenvalue weighted by molar-refractivity contribution is 0.759. The second kappa shape index (κ2) is 4.24. The van der Waals surface area contributed by atoms with E-state index in [1.807, 2.05) is 30.1 Å². The van der Waals surface area contributed by atoms with Crippen molar-refractivity contribution in [2.45, 2.75) is 13.3 Å². The standard InChI is InChI=1S/C13H13BrN4/c1-3-12-16-17(2)13-15-11(8-18(12)13)9-4-6-10(14)7-5-9/h4-8H,3H2,1-2H3. The van der Waals surface area contributed by atoms with E-state index in [0.717, 1.165) is 33.8 Å². The Morgan fingerprint density at radius 2 is 1.94 bits per heavy atom. The lowest BCUT2D eigenvalue weighted by Crippen LogP contribution is -1.92. The molecule has 92 valence electrons. The highest BCUT2D eigenvalue weighted by Crippen LogP contribution is 2.22. The highest BCUT2D eigenvalue weighted by atomic mass is 79.9. The zero-order chi connectivity index (χ0) is 12.7. The van der Waals surface area contributed by atoms with Crippen LogP contribution in [0.15, 0.2) is 34.9 Å². The minimum Gasteiger partial charge on any atom is -0.270 e. The average Bonchev–Trinajstić information content (AvgIpc) is 2.91. The minimum atomic E-state index is 0.879. The summed E-state index contributed by atoms with van der Waals surface area (Å²) in [5.41, 5.74) is 2.09. The van der Waals surface area contributed by atoms with Gasteiger partial charge in [-0.05, 0) is 12.1 Å². The molecule has 0 spiro atoms. The summed E-state index contributed by atoms with van der Waals surface area (Å²) in [5.74, 6) is 1.91. The van der Waals surface area contributed by atoms with Crippen LogP contribution in [0.25, 0.3) is 17.0 Å². The van der Waals surface area contributed by atoms with Crippen LogP contribution in [0.2, 0.25) is 0 Å². The number of rotatable bonds is 2. The molecule has 0 aliphatic carbocycles. The van der Waals surface area contributed by atoms with E-state index >= 15 is 0 Å². The summed E-state index contributed by atoms with van der Waals surface area (Å²) < 4.78 is 4.95. The van der Waals surface area contributed by atoms with Crippen LogP contribution in [0.5, 0.6) is 0 Å². The Hall–Kier alpha value is -1.62. The maximum absolute atomic E-state index is 4.63. The summed E-state index contributed by atoms with van der Waals surface area (Å²) in [6.07, 6.45) is 2.94. The molecule has 1 aromatic carbocycles. The number of halogens is 1.